The minimum absolute atomic E-state index is 0.0753. The molecule has 0 saturated carbocycles. The van der Waals surface area contributed by atoms with Crippen molar-refractivity contribution in [3.05, 3.63) is 48.6 Å². The van der Waals surface area contributed by atoms with E-state index in [1.165, 1.54) is 4.90 Å². The Bertz CT molecular complexity index is 718. The average Bonchev–Trinajstić information content (AvgIpc) is 3.19. The van der Waals surface area contributed by atoms with E-state index in [2.05, 4.69) is 22.0 Å². The molecule has 2 aromatic heterocycles. The van der Waals surface area contributed by atoms with Crippen LogP contribution in [0.25, 0.3) is 0 Å². The molecule has 136 valence electrons. The predicted octanol–water partition coefficient (Wildman–Crippen LogP) is -0.259. The smallest absolute Gasteiger partial charge is 0.278 e. The molecule has 1 fully saturated rings. The number of pyridine rings is 1. The summed E-state index contributed by atoms with van der Waals surface area (Å²) in [5.41, 5.74) is 0. The number of hydrogen-bond donors (Lipinski definition) is 1. The van der Waals surface area contributed by atoms with E-state index in [4.69, 9.17) is 9.68 Å². The summed E-state index contributed by atoms with van der Waals surface area (Å²) in [5, 5.41) is 8.86. The van der Waals surface area contributed by atoms with Crippen LogP contribution in [0, 0.1) is 11.3 Å². The van der Waals surface area contributed by atoms with Gasteiger partial charge in [0, 0.05) is 12.6 Å². The lowest BCUT2D eigenvalue weighted by Gasteiger charge is -2.29. The van der Waals surface area contributed by atoms with E-state index in [1.807, 2.05) is 30.5 Å². The summed E-state index contributed by atoms with van der Waals surface area (Å²) in [7, 11) is 0. The van der Waals surface area contributed by atoms with Crippen LogP contribution in [0.5, 0.6) is 0 Å². The molecule has 26 heavy (non-hydrogen) atoms. The molecule has 0 spiro atoms. The fourth-order valence-electron chi connectivity index (χ4n) is 3.21. The van der Waals surface area contributed by atoms with Crippen molar-refractivity contribution in [3.8, 4) is 6.07 Å². The SMILES string of the molecule is N#CCCN(Cc1ccco1)C(=O)C[NH+]1CCN(c2cccc[nH+]2)CC1. The summed E-state index contributed by atoms with van der Waals surface area (Å²) in [6, 6.07) is 11.9. The molecule has 1 saturated heterocycles. The molecule has 0 unspecified atom stereocenters. The predicted molar refractivity (Wildman–Crippen MR) is 95.1 cm³/mol. The fourth-order valence-corrected chi connectivity index (χ4v) is 3.21. The summed E-state index contributed by atoms with van der Waals surface area (Å²) in [5.74, 6) is 1.94. The largest absolute Gasteiger partial charge is 0.467 e. The second-order valence-corrected chi connectivity index (χ2v) is 6.46. The van der Waals surface area contributed by atoms with Crippen LogP contribution in [-0.2, 0) is 11.3 Å². The molecule has 0 radical (unpaired) electrons. The van der Waals surface area contributed by atoms with Crippen molar-refractivity contribution in [2.75, 3.05) is 44.2 Å². The number of anilines is 1. The van der Waals surface area contributed by atoms with E-state index in [0.717, 1.165) is 37.8 Å². The maximum atomic E-state index is 12.7. The van der Waals surface area contributed by atoms with E-state index in [9.17, 15) is 4.79 Å². The van der Waals surface area contributed by atoms with Crippen molar-refractivity contribution in [1.29, 1.82) is 5.26 Å². The van der Waals surface area contributed by atoms with Crippen LogP contribution < -0.4 is 14.8 Å². The Morgan fingerprint density at radius 3 is 2.81 bits per heavy atom. The van der Waals surface area contributed by atoms with Crippen LogP contribution in [0.3, 0.4) is 0 Å². The second-order valence-electron chi connectivity index (χ2n) is 6.46. The van der Waals surface area contributed by atoms with E-state index in [1.54, 1.807) is 11.2 Å². The van der Waals surface area contributed by atoms with Crippen molar-refractivity contribution in [2.24, 2.45) is 0 Å². The molecular weight excluding hydrogens is 330 g/mol. The molecule has 0 aromatic carbocycles. The summed E-state index contributed by atoms with van der Waals surface area (Å²) in [6.07, 6.45) is 3.87. The fraction of sp³-hybridized carbons (Fsp3) is 0.421. The van der Waals surface area contributed by atoms with Crippen molar-refractivity contribution < 1.29 is 19.1 Å². The molecule has 1 aliphatic rings. The maximum Gasteiger partial charge on any atom is 0.278 e. The maximum absolute atomic E-state index is 12.7. The topological polar surface area (TPSA) is 79.1 Å². The van der Waals surface area contributed by atoms with Gasteiger partial charge in [-0.15, -0.1) is 0 Å². The Morgan fingerprint density at radius 2 is 2.15 bits per heavy atom. The molecule has 2 aromatic rings. The van der Waals surface area contributed by atoms with Crippen LogP contribution in [-0.4, -0.2) is 50.1 Å². The lowest BCUT2D eigenvalue weighted by molar-refractivity contribution is -0.892. The Kier molecular flexibility index (Phi) is 6.23. The van der Waals surface area contributed by atoms with E-state index < -0.39 is 0 Å². The van der Waals surface area contributed by atoms with Crippen molar-refractivity contribution in [2.45, 2.75) is 13.0 Å². The summed E-state index contributed by atoms with van der Waals surface area (Å²) in [4.78, 5) is 21.3. The average molecular weight is 355 g/mol. The zero-order chi connectivity index (χ0) is 18.2. The minimum atomic E-state index is 0.0753. The lowest BCUT2D eigenvalue weighted by atomic mass is 10.2. The Labute approximate surface area is 153 Å². The molecule has 0 aliphatic carbocycles. The molecule has 7 nitrogen and oxygen atoms in total. The number of nitriles is 1. The molecule has 2 N–H and O–H groups in total. The number of aromatic amines is 1. The number of piperazine rings is 1. The third-order valence-corrected chi connectivity index (χ3v) is 4.68. The van der Waals surface area contributed by atoms with Gasteiger partial charge in [-0.05, 0) is 18.2 Å². The lowest BCUT2D eigenvalue weighted by Crippen LogP contribution is -3.16. The number of amides is 1. The van der Waals surface area contributed by atoms with Gasteiger partial charge in [0.05, 0.1) is 31.5 Å². The molecule has 1 amide bonds. The van der Waals surface area contributed by atoms with E-state index in [0.29, 0.717) is 26.1 Å². The third-order valence-electron chi connectivity index (χ3n) is 4.68. The van der Waals surface area contributed by atoms with Gasteiger partial charge >= 0.3 is 0 Å². The highest BCUT2D eigenvalue weighted by molar-refractivity contribution is 5.77. The van der Waals surface area contributed by atoms with Crippen LogP contribution in [0.15, 0.2) is 47.2 Å². The normalized spacial score (nSPS) is 14.8. The number of hydrogen-bond acceptors (Lipinski definition) is 4. The van der Waals surface area contributed by atoms with Crippen LogP contribution in [0.2, 0.25) is 0 Å². The van der Waals surface area contributed by atoms with Crippen molar-refractivity contribution in [3.63, 3.8) is 0 Å². The monoisotopic (exact) mass is 355 g/mol. The van der Waals surface area contributed by atoms with Crippen LogP contribution in [0.4, 0.5) is 5.82 Å². The highest BCUT2D eigenvalue weighted by Gasteiger charge is 2.28. The van der Waals surface area contributed by atoms with Crippen molar-refractivity contribution >= 4 is 11.7 Å². The zero-order valence-electron chi connectivity index (χ0n) is 14.9. The molecule has 0 atom stereocenters. The number of H-pyrrole nitrogens is 1. The number of carbonyl (C=O) groups excluding carboxylic acids is 1. The molecule has 7 heteroatoms. The van der Waals surface area contributed by atoms with Crippen molar-refractivity contribution in [1.82, 2.24) is 4.90 Å². The first-order chi connectivity index (χ1) is 12.8. The number of quaternary nitrogens is 1. The second kappa shape index (κ2) is 9.02. The summed E-state index contributed by atoms with van der Waals surface area (Å²) >= 11 is 0. The number of nitrogens with one attached hydrogen (secondary N) is 2. The third kappa shape index (κ3) is 4.83. The molecule has 1 aliphatic heterocycles. The minimum Gasteiger partial charge on any atom is -0.467 e. The van der Waals surface area contributed by atoms with Gasteiger partial charge in [0.15, 0.2) is 6.54 Å². The quantitative estimate of drug-likeness (QED) is 0.742. The highest BCUT2D eigenvalue weighted by atomic mass is 16.3. The van der Waals surface area contributed by atoms with E-state index >= 15 is 0 Å². The Morgan fingerprint density at radius 1 is 1.31 bits per heavy atom. The van der Waals surface area contributed by atoms with Gasteiger partial charge in [0.2, 0.25) is 0 Å². The summed E-state index contributed by atoms with van der Waals surface area (Å²) < 4.78 is 5.35. The van der Waals surface area contributed by atoms with Crippen LogP contribution >= 0.6 is 0 Å². The van der Waals surface area contributed by atoms with Gasteiger partial charge in [-0.2, -0.15) is 5.26 Å². The van der Waals surface area contributed by atoms with Gasteiger partial charge in [-0.1, -0.05) is 6.07 Å². The van der Waals surface area contributed by atoms with Gasteiger partial charge in [-0.3, -0.25) is 9.69 Å². The van der Waals surface area contributed by atoms with E-state index in [-0.39, 0.29) is 5.91 Å². The zero-order valence-corrected chi connectivity index (χ0v) is 14.9. The standard InChI is InChI=1S/C19H23N5O2/c20-7-4-9-24(15-17-5-3-14-26-17)19(25)16-22-10-12-23(13-11-22)18-6-1-2-8-21-18/h1-3,5-6,8,14H,4,9-13,15-16H2/p+2. The summed E-state index contributed by atoms with van der Waals surface area (Å²) in [6.45, 7) is 4.99. The molecular formula is C19H25N5O2+2. The number of carbonyl (C=O) groups is 1. The first-order valence-corrected chi connectivity index (χ1v) is 8.98. The van der Waals surface area contributed by atoms with Gasteiger partial charge in [-0.25, -0.2) is 4.98 Å². The Balaban J connectivity index is 1.52. The van der Waals surface area contributed by atoms with Gasteiger partial charge < -0.3 is 14.2 Å². The Hall–Kier alpha value is -2.85. The molecule has 3 heterocycles. The first-order valence-electron chi connectivity index (χ1n) is 8.98. The molecule has 3 rings (SSSR count). The molecule has 0 bridgehead atoms. The van der Waals surface area contributed by atoms with Crippen LogP contribution in [0.1, 0.15) is 12.2 Å². The number of furan rings is 1. The first kappa shape index (κ1) is 18.0. The number of rotatable bonds is 7. The van der Waals surface area contributed by atoms with Gasteiger partial charge in [0.25, 0.3) is 11.7 Å². The van der Waals surface area contributed by atoms with Gasteiger partial charge in [0.1, 0.15) is 31.9 Å². The highest BCUT2D eigenvalue weighted by Crippen LogP contribution is 2.07. The number of aromatic nitrogens is 1. The number of nitrogens with zero attached hydrogens (tertiary/aromatic N) is 3.